The maximum atomic E-state index is 13.8. The van der Waals surface area contributed by atoms with Gasteiger partial charge >= 0.3 is 6.09 Å². The Labute approximate surface area is 227 Å². The van der Waals surface area contributed by atoms with E-state index in [1.807, 2.05) is 23.1 Å². The van der Waals surface area contributed by atoms with Crippen LogP contribution in [0.1, 0.15) is 56.7 Å². The smallest absolute Gasteiger partial charge is 0.410 e. The number of nitrogens with zero attached hydrogens (tertiary/aromatic N) is 2. The van der Waals surface area contributed by atoms with Crippen molar-refractivity contribution < 1.29 is 14.3 Å². The van der Waals surface area contributed by atoms with E-state index in [2.05, 4.69) is 50.8 Å². The SMILES string of the molecule is COc1cccc2c1C[C@@H]1[C@@H](C2)N(C(=O)OC2CC(C)CCC2C(C)C)CCN1c1ccc(Cl)cc1C. The topological polar surface area (TPSA) is 42.0 Å². The van der Waals surface area contributed by atoms with E-state index in [0.717, 1.165) is 48.6 Å². The van der Waals surface area contributed by atoms with Crippen molar-refractivity contribution in [2.24, 2.45) is 17.8 Å². The Kier molecular flexibility index (Phi) is 7.63. The molecular formula is C31H41ClN2O3. The number of benzene rings is 2. The summed E-state index contributed by atoms with van der Waals surface area (Å²) in [7, 11) is 1.74. The van der Waals surface area contributed by atoms with Crippen LogP contribution in [0.2, 0.25) is 5.02 Å². The summed E-state index contributed by atoms with van der Waals surface area (Å²) in [6.07, 6.45) is 4.81. The fourth-order valence-corrected chi connectivity index (χ4v) is 7.26. The Balaban J connectivity index is 1.46. The first-order valence-electron chi connectivity index (χ1n) is 13.9. The van der Waals surface area contributed by atoms with Crippen LogP contribution in [0.15, 0.2) is 36.4 Å². The third kappa shape index (κ3) is 5.16. The summed E-state index contributed by atoms with van der Waals surface area (Å²) in [5.41, 5.74) is 4.86. The molecule has 1 saturated carbocycles. The number of aryl methyl sites for hydroxylation is 1. The summed E-state index contributed by atoms with van der Waals surface area (Å²) in [4.78, 5) is 18.3. The zero-order valence-corrected chi connectivity index (χ0v) is 23.6. The molecule has 0 spiro atoms. The van der Waals surface area contributed by atoms with Crippen LogP contribution in [0.4, 0.5) is 10.5 Å². The van der Waals surface area contributed by atoms with Gasteiger partial charge < -0.3 is 19.3 Å². The molecular weight excluding hydrogens is 484 g/mol. The van der Waals surface area contributed by atoms with Crippen molar-refractivity contribution in [2.45, 2.75) is 78.0 Å². The monoisotopic (exact) mass is 524 g/mol. The third-order valence-corrected chi connectivity index (χ3v) is 9.27. The number of carbonyl (C=O) groups is 1. The lowest BCUT2D eigenvalue weighted by atomic mass is 9.75. The second-order valence-electron chi connectivity index (χ2n) is 11.7. The molecule has 6 heteroatoms. The lowest BCUT2D eigenvalue weighted by Gasteiger charge is -2.51. The van der Waals surface area contributed by atoms with Gasteiger partial charge in [-0.05, 0) is 91.3 Å². The minimum Gasteiger partial charge on any atom is -0.496 e. The van der Waals surface area contributed by atoms with E-state index in [1.54, 1.807) is 7.11 Å². The number of methoxy groups -OCH3 is 1. The quantitative estimate of drug-likeness (QED) is 0.435. The average Bonchev–Trinajstić information content (AvgIpc) is 2.86. The van der Waals surface area contributed by atoms with Gasteiger partial charge in [0.1, 0.15) is 11.9 Å². The van der Waals surface area contributed by atoms with Crippen molar-refractivity contribution >= 4 is 23.4 Å². The standard InChI is InChI=1S/C31H41ClN2O3/c1-19(2)24-11-9-20(3)15-30(24)37-31(35)34-14-13-33(26-12-10-23(32)16-21(26)4)28-18-25-22(17-27(28)34)7-6-8-29(25)36-5/h6-8,10,12,16,19-20,24,27-28,30H,9,11,13-15,17-18H2,1-5H3/t20?,24?,27-,28-,30?/m1/s1. The predicted molar refractivity (Wildman–Crippen MR) is 150 cm³/mol. The number of hydrogen-bond donors (Lipinski definition) is 0. The summed E-state index contributed by atoms with van der Waals surface area (Å²) in [6.45, 7) is 10.3. The molecule has 1 aliphatic heterocycles. The van der Waals surface area contributed by atoms with Gasteiger partial charge in [-0.1, -0.05) is 50.9 Å². The van der Waals surface area contributed by atoms with Gasteiger partial charge in [0.15, 0.2) is 0 Å². The van der Waals surface area contributed by atoms with Crippen LogP contribution in [0.3, 0.4) is 0 Å². The van der Waals surface area contributed by atoms with E-state index in [1.165, 1.54) is 23.2 Å². The molecule has 37 heavy (non-hydrogen) atoms. The fourth-order valence-electron chi connectivity index (χ4n) is 7.03. The molecule has 3 unspecified atom stereocenters. The van der Waals surface area contributed by atoms with E-state index >= 15 is 0 Å². The van der Waals surface area contributed by atoms with Gasteiger partial charge in [-0.15, -0.1) is 0 Å². The molecule has 200 valence electrons. The lowest BCUT2D eigenvalue weighted by Crippen LogP contribution is -2.64. The highest BCUT2D eigenvalue weighted by molar-refractivity contribution is 6.30. The number of hydrogen-bond acceptors (Lipinski definition) is 4. The molecule has 0 bridgehead atoms. The third-order valence-electron chi connectivity index (χ3n) is 9.04. The van der Waals surface area contributed by atoms with Crippen LogP contribution < -0.4 is 9.64 Å². The van der Waals surface area contributed by atoms with Crippen molar-refractivity contribution in [3.05, 3.63) is 58.1 Å². The Morgan fingerprint density at radius 1 is 1.08 bits per heavy atom. The number of amides is 1. The number of rotatable bonds is 4. The minimum atomic E-state index is -0.140. The Hall–Kier alpha value is -2.40. The molecule has 1 amide bonds. The number of halogens is 1. The maximum Gasteiger partial charge on any atom is 0.410 e. The highest BCUT2D eigenvalue weighted by Gasteiger charge is 2.44. The van der Waals surface area contributed by atoms with Gasteiger partial charge in [-0.3, -0.25) is 0 Å². The number of anilines is 1. The van der Waals surface area contributed by atoms with E-state index < -0.39 is 0 Å². The maximum absolute atomic E-state index is 13.8. The second kappa shape index (κ2) is 10.8. The van der Waals surface area contributed by atoms with Crippen LogP contribution in [0.5, 0.6) is 5.75 Å². The average molecular weight is 525 g/mol. The molecule has 0 N–H and O–H groups in total. The van der Waals surface area contributed by atoms with Gasteiger partial charge in [0, 0.05) is 23.8 Å². The molecule has 2 aromatic rings. The Morgan fingerprint density at radius 2 is 1.89 bits per heavy atom. The number of fused-ring (bicyclic) bond motifs is 2. The van der Waals surface area contributed by atoms with Crippen LogP contribution in [-0.2, 0) is 17.6 Å². The second-order valence-corrected chi connectivity index (χ2v) is 12.1. The first-order valence-corrected chi connectivity index (χ1v) is 14.3. The summed E-state index contributed by atoms with van der Waals surface area (Å²) in [5.74, 6) is 2.47. The number of carbonyl (C=O) groups excluding carboxylic acids is 1. The van der Waals surface area contributed by atoms with Crippen LogP contribution in [0, 0.1) is 24.7 Å². The van der Waals surface area contributed by atoms with Gasteiger partial charge in [-0.25, -0.2) is 4.79 Å². The molecule has 1 heterocycles. The van der Waals surface area contributed by atoms with Crippen LogP contribution >= 0.6 is 11.6 Å². The molecule has 2 fully saturated rings. The normalized spacial score (nSPS) is 27.5. The van der Waals surface area contributed by atoms with Gasteiger partial charge in [0.05, 0.1) is 19.2 Å². The zero-order valence-electron chi connectivity index (χ0n) is 22.9. The van der Waals surface area contributed by atoms with Crippen LogP contribution in [-0.4, -0.2) is 49.4 Å². The summed E-state index contributed by atoms with van der Waals surface area (Å²) < 4.78 is 12.1. The highest BCUT2D eigenvalue weighted by atomic mass is 35.5. The van der Waals surface area contributed by atoms with Gasteiger partial charge in [0.25, 0.3) is 0 Å². The summed E-state index contributed by atoms with van der Waals surface area (Å²) >= 11 is 6.30. The molecule has 5 nitrogen and oxygen atoms in total. The summed E-state index contributed by atoms with van der Waals surface area (Å²) in [6, 6.07) is 12.6. The van der Waals surface area contributed by atoms with Crippen molar-refractivity contribution in [3.63, 3.8) is 0 Å². The van der Waals surface area contributed by atoms with Crippen LogP contribution in [0.25, 0.3) is 0 Å². The van der Waals surface area contributed by atoms with Gasteiger partial charge in [-0.2, -0.15) is 0 Å². The first kappa shape index (κ1) is 26.2. The van der Waals surface area contributed by atoms with E-state index in [-0.39, 0.29) is 24.3 Å². The zero-order chi connectivity index (χ0) is 26.3. The van der Waals surface area contributed by atoms with Crippen molar-refractivity contribution in [2.75, 3.05) is 25.1 Å². The molecule has 1 saturated heterocycles. The fraction of sp³-hybridized carbons (Fsp3) is 0.581. The molecule has 0 aromatic heterocycles. The lowest BCUT2D eigenvalue weighted by molar-refractivity contribution is -0.0200. The molecule has 5 atom stereocenters. The predicted octanol–water partition coefficient (Wildman–Crippen LogP) is 6.91. The van der Waals surface area contributed by atoms with Crippen molar-refractivity contribution in [1.82, 2.24) is 4.90 Å². The Morgan fingerprint density at radius 3 is 2.62 bits per heavy atom. The van der Waals surface area contributed by atoms with E-state index in [4.69, 9.17) is 21.1 Å². The first-order chi connectivity index (χ1) is 17.8. The summed E-state index contributed by atoms with van der Waals surface area (Å²) in [5, 5.41) is 0.747. The van der Waals surface area contributed by atoms with Gasteiger partial charge in [0.2, 0.25) is 0 Å². The molecule has 3 aliphatic rings. The Bertz CT molecular complexity index is 1140. The van der Waals surface area contributed by atoms with E-state index in [0.29, 0.717) is 24.3 Å². The number of piperazine rings is 1. The number of ether oxygens (including phenoxy) is 2. The van der Waals surface area contributed by atoms with Crippen molar-refractivity contribution in [3.8, 4) is 5.75 Å². The molecule has 5 rings (SSSR count). The largest absolute Gasteiger partial charge is 0.496 e. The molecule has 2 aromatic carbocycles. The molecule has 0 radical (unpaired) electrons. The van der Waals surface area contributed by atoms with E-state index in [9.17, 15) is 4.79 Å². The molecule has 2 aliphatic carbocycles. The van der Waals surface area contributed by atoms with Crippen molar-refractivity contribution in [1.29, 1.82) is 0 Å². The minimum absolute atomic E-state index is 0.00205. The highest BCUT2D eigenvalue weighted by Crippen LogP contribution is 2.40.